The van der Waals surface area contributed by atoms with Crippen molar-refractivity contribution in [3.63, 3.8) is 0 Å². The van der Waals surface area contributed by atoms with Gasteiger partial charge in [0.25, 0.3) is 0 Å². The first-order valence-corrected chi connectivity index (χ1v) is 8.33. The molecule has 4 amide bonds. The van der Waals surface area contributed by atoms with Crippen molar-refractivity contribution >= 4 is 34.6 Å². The molecule has 10 heteroatoms. The summed E-state index contributed by atoms with van der Waals surface area (Å²) in [5.41, 5.74) is 5.87. The lowest BCUT2D eigenvalue weighted by atomic mass is 9.98. The van der Waals surface area contributed by atoms with Gasteiger partial charge in [0, 0.05) is 19.6 Å². The van der Waals surface area contributed by atoms with E-state index in [-0.39, 0.29) is 17.5 Å². The number of esters is 1. The molecule has 0 unspecified atom stereocenters. The predicted molar refractivity (Wildman–Crippen MR) is 89.1 cm³/mol. The van der Waals surface area contributed by atoms with Crippen molar-refractivity contribution in [3.05, 3.63) is 11.3 Å². The predicted octanol–water partition coefficient (Wildman–Crippen LogP) is 1.15. The SMILES string of the molecule is COC(=O)c1c(C)nsc1NC(=O)N1CCC[C@@H](CNC(N)=O)C1. The molecule has 2 rings (SSSR count). The van der Waals surface area contributed by atoms with Crippen molar-refractivity contribution in [1.29, 1.82) is 0 Å². The Morgan fingerprint density at radius 2 is 2.21 bits per heavy atom. The number of likely N-dealkylation sites (tertiary alicyclic amines) is 1. The molecular formula is C14H21N5O4S. The molecular weight excluding hydrogens is 334 g/mol. The van der Waals surface area contributed by atoms with E-state index < -0.39 is 12.0 Å². The van der Waals surface area contributed by atoms with E-state index in [4.69, 9.17) is 10.5 Å². The number of hydrogen-bond donors (Lipinski definition) is 3. The monoisotopic (exact) mass is 355 g/mol. The Morgan fingerprint density at radius 1 is 1.46 bits per heavy atom. The van der Waals surface area contributed by atoms with E-state index in [1.165, 1.54) is 7.11 Å². The number of amides is 4. The number of ether oxygens (including phenoxy) is 1. The molecule has 1 aromatic rings. The van der Waals surface area contributed by atoms with Crippen LogP contribution in [0.15, 0.2) is 0 Å². The second-order valence-electron chi connectivity index (χ2n) is 5.59. The molecule has 1 aliphatic heterocycles. The van der Waals surface area contributed by atoms with Crippen molar-refractivity contribution in [1.82, 2.24) is 14.6 Å². The summed E-state index contributed by atoms with van der Waals surface area (Å²) in [5.74, 6) is -0.376. The van der Waals surface area contributed by atoms with Crippen molar-refractivity contribution in [2.45, 2.75) is 19.8 Å². The van der Waals surface area contributed by atoms with Gasteiger partial charge in [-0.3, -0.25) is 5.32 Å². The summed E-state index contributed by atoms with van der Waals surface area (Å²) in [4.78, 5) is 36.7. The molecule has 0 aromatic carbocycles. The van der Waals surface area contributed by atoms with Crippen LogP contribution in [0, 0.1) is 12.8 Å². The third kappa shape index (κ3) is 4.34. The number of aromatic nitrogens is 1. The molecule has 2 heterocycles. The molecule has 4 N–H and O–H groups in total. The number of rotatable bonds is 4. The van der Waals surface area contributed by atoms with E-state index in [1.807, 2.05) is 0 Å². The molecule has 1 fully saturated rings. The highest BCUT2D eigenvalue weighted by molar-refractivity contribution is 7.11. The van der Waals surface area contributed by atoms with Gasteiger partial charge in [-0.2, -0.15) is 4.37 Å². The maximum atomic E-state index is 12.5. The third-order valence-corrected chi connectivity index (χ3v) is 4.70. The molecule has 0 aliphatic carbocycles. The Labute approximate surface area is 143 Å². The van der Waals surface area contributed by atoms with Crippen LogP contribution in [0.2, 0.25) is 0 Å². The summed E-state index contributed by atoms with van der Waals surface area (Å²) >= 11 is 1.04. The van der Waals surface area contributed by atoms with Crippen LogP contribution in [0.25, 0.3) is 0 Å². The van der Waals surface area contributed by atoms with Gasteiger partial charge in [0.05, 0.1) is 12.8 Å². The number of piperidine rings is 1. The fourth-order valence-electron chi connectivity index (χ4n) is 2.63. The van der Waals surface area contributed by atoms with Crippen LogP contribution in [0.1, 0.15) is 28.9 Å². The lowest BCUT2D eigenvalue weighted by molar-refractivity contribution is 0.0601. The van der Waals surface area contributed by atoms with Crippen molar-refractivity contribution < 1.29 is 19.1 Å². The molecule has 0 spiro atoms. The Hall–Kier alpha value is -2.36. The highest BCUT2D eigenvalue weighted by atomic mass is 32.1. The zero-order valence-electron chi connectivity index (χ0n) is 13.6. The first kappa shape index (κ1) is 18.0. The number of aryl methyl sites for hydroxylation is 1. The molecule has 1 aromatic heterocycles. The number of nitrogens with one attached hydrogen (secondary N) is 2. The Balaban J connectivity index is 1.99. The standard InChI is InChI=1S/C14H21N5O4S/c1-8-10(12(20)23-2)11(24-18-8)17-14(22)19-5-3-4-9(7-19)6-16-13(15)21/h9H,3-7H2,1-2H3,(H,17,22)(H3,15,16,21)/t9-/m0/s1. The van der Waals surface area contributed by atoms with Gasteiger partial charge in [-0.25, -0.2) is 14.4 Å². The maximum absolute atomic E-state index is 12.5. The Kier molecular flexibility index (Phi) is 5.96. The first-order chi connectivity index (χ1) is 11.4. The van der Waals surface area contributed by atoms with Crippen molar-refractivity contribution in [3.8, 4) is 0 Å². The number of urea groups is 2. The van der Waals surface area contributed by atoms with Crippen LogP contribution < -0.4 is 16.4 Å². The summed E-state index contributed by atoms with van der Waals surface area (Å²) in [5, 5.41) is 5.68. The number of primary amides is 1. The van der Waals surface area contributed by atoms with Gasteiger partial charge < -0.3 is 20.7 Å². The Morgan fingerprint density at radius 3 is 2.88 bits per heavy atom. The zero-order chi connectivity index (χ0) is 17.7. The number of anilines is 1. The molecule has 0 bridgehead atoms. The van der Waals surface area contributed by atoms with Gasteiger partial charge >= 0.3 is 18.0 Å². The second kappa shape index (κ2) is 7.95. The van der Waals surface area contributed by atoms with E-state index in [9.17, 15) is 14.4 Å². The van der Waals surface area contributed by atoms with Crippen molar-refractivity contribution in [2.75, 3.05) is 32.1 Å². The number of carbonyl (C=O) groups excluding carboxylic acids is 3. The fourth-order valence-corrected chi connectivity index (χ4v) is 3.41. The van der Waals surface area contributed by atoms with Crippen LogP contribution >= 0.6 is 11.5 Å². The van der Waals surface area contributed by atoms with E-state index in [2.05, 4.69) is 15.0 Å². The topological polar surface area (TPSA) is 127 Å². The summed E-state index contributed by atoms with van der Waals surface area (Å²) in [6, 6.07) is -0.869. The van der Waals surface area contributed by atoms with Crippen LogP contribution in [-0.2, 0) is 4.74 Å². The average molecular weight is 355 g/mol. The highest BCUT2D eigenvalue weighted by Gasteiger charge is 2.26. The quantitative estimate of drug-likeness (QED) is 0.698. The van der Waals surface area contributed by atoms with Crippen LogP contribution in [0.4, 0.5) is 14.6 Å². The number of nitrogens with two attached hydrogens (primary N) is 1. The van der Waals surface area contributed by atoms with Crippen LogP contribution in [0.5, 0.6) is 0 Å². The molecule has 1 aliphatic rings. The number of hydrogen-bond acceptors (Lipinski definition) is 6. The fraction of sp³-hybridized carbons (Fsp3) is 0.571. The molecule has 9 nitrogen and oxygen atoms in total. The lowest BCUT2D eigenvalue weighted by Gasteiger charge is -2.32. The van der Waals surface area contributed by atoms with Gasteiger partial charge in [0.15, 0.2) is 0 Å². The minimum Gasteiger partial charge on any atom is -0.465 e. The molecule has 1 saturated heterocycles. The highest BCUT2D eigenvalue weighted by Crippen LogP contribution is 2.26. The van der Waals surface area contributed by atoms with Gasteiger partial charge in [-0.1, -0.05) is 0 Å². The minimum absolute atomic E-state index is 0.153. The first-order valence-electron chi connectivity index (χ1n) is 7.56. The summed E-state index contributed by atoms with van der Waals surface area (Å²) < 4.78 is 8.82. The molecule has 24 heavy (non-hydrogen) atoms. The summed E-state index contributed by atoms with van der Waals surface area (Å²) in [6.07, 6.45) is 1.75. The van der Waals surface area contributed by atoms with Gasteiger partial charge in [-0.05, 0) is 37.2 Å². The minimum atomic E-state index is -0.570. The van der Waals surface area contributed by atoms with Crippen molar-refractivity contribution in [2.24, 2.45) is 11.7 Å². The third-order valence-electron chi connectivity index (χ3n) is 3.84. The summed E-state index contributed by atoms with van der Waals surface area (Å²) in [7, 11) is 1.28. The van der Waals surface area contributed by atoms with E-state index >= 15 is 0 Å². The number of methoxy groups -OCH3 is 1. The van der Waals surface area contributed by atoms with E-state index in [1.54, 1.807) is 11.8 Å². The number of carbonyl (C=O) groups is 3. The van der Waals surface area contributed by atoms with Gasteiger partial charge in [0.1, 0.15) is 10.6 Å². The maximum Gasteiger partial charge on any atom is 0.342 e. The van der Waals surface area contributed by atoms with Crippen LogP contribution in [0.3, 0.4) is 0 Å². The smallest absolute Gasteiger partial charge is 0.342 e. The van der Waals surface area contributed by atoms with Crippen LogP contribution in [-0.4, -0.2) is 54.0 Å². The van der Waals surface area contributed by atoms with Gasteiger partial charge in [0.2, 0.25) is 0 Å². The summed E-state index contributed by atoms with van der Waals surface area (Å²) in [6.45, 7) is 3.25. The number of nitrogens with zero attached hydrogens (tertiary/aromatic N) is 2. The molecule has 0 radical (unpaired) electrons. The zero-order valence-corrected chi connectivity index (χ0v) is 14.4. The lowest BCUT2D eigenvalue weighted by Crippen LogP contribution is -2.46. The second-order valence-corrected chi connectivity index (χ2v) is 6.37. The molecule has 0 saturated carbocycles. The van der Waals surface area contributed by atoms with E-state index in [0.717, 1.165) is 24.4 Å². The largest absolute Gasteiger partial charge is 0.465 e. The molecule has 132 valence electrons. The molecule has 1 atom stereocenters. The van der Waals surface area contributed by atoms with Gasteiger partial charge in [-0.15, -0.1) is 0 Å². The average Bonchev–Trinajstić information content (AvgIpc) is 2.93. The normalized spacial score (nSPS) is 17.2. The Bertz CT molecular complexity index is 633. The van der Waals surface area contributed by atoms with E-state index in [0.29, 0.717) is 30.3 Å².